The Morgan fingerprint density at radius 1 is 1.38 bits per heavy atom. The Morgan fingerprint density at radius 2 is 2.19 bits per heavy atom. The first-order valence-corrected chi connectivity index (χ1v) is 6.61. The molecule has 1 saturated heterocycles. The van der Waals surface area contributed by atoms with E-state index in [-0.39, 0.29) is 5.91 Å². The summed E-state index contributed by atoms with van der Waals surface area (Å²) >= 11 is 0. The minimum atomic E-state index is 0.236. The van der Waals surface area contributed by atoms with E-state index in [0.717, 1.165) is 19.4 Å². The number of nitrogens with one attached hydrogen (secondary N) is 2. The van der Waals surface area contributed by atoms with Gasteiger partial charge in [-0.25, -0.2) is 0 Å². The molecule has 3 nitrogen and oxygen atoms in total. The van der Waals surface area contributed by atoms with E-state index in [9.17, 15) is 4.79 Å². The Hall–Kier alpha value is -0.570. The van der Waals surface area contributed by atoms with Gasteiger partial charge in [0, 0.05) is 18.5 Å². The topological polar surface area (TPSA) is 41.1 Å². The summed E-state index contributed by atoms with van der Waals surface area (Å²) in [6.07, 6.45) is 6.66. The van der Waals surface area contributed by atoms with Crippen molar-refractivity contribution >= 4 is 5.91 Å². The van der Waals surface area contributed by atoms with Crippen LogP contribution in [0.3, 0.4) is 0 Å². The highest BCUT2D eigenvalue weighted by Crippen LogP contribution is 2.37. The first-order chi connectivity index (χ1) is 7.58. The molecular formula is C13H24N2O. The lowest BCUT2D eigenvalue weighted by Crippen LogP contribution is -2.43. The molecule has 3 heteroatoms. The summed E-state index contributed by atoms with van der Waals surface area (Å²) in [4.78, 5) is 11.9. The first-order valence-electron chi connectivity index (χ1n) is 6.61. The Balaban J connectivity index is 1.78. The van der Waals surface area contributed by atoms with E-state index in [1.807, 2.05) is 0 Å². The van der Waals surface area contributed by atoms with Crippen molar-refractivity contribution in [1.29, 1.82) is 0 Å². The Bertz CT molecular complexity index is 257. The van der Waals surface area contributed by atoms with Gasteiger partial charge in [-0.2, -0.15) is 0 Å². The van der Waals surface area contributed by atoms with Crippen molar-refractivity contribution in [1.82, 2.24) is 10.6 Å². The standard InChI is InChI=1S/C13H24N2O/c1-13(2)7-3-6-11(13)15-12(16)9-10-5-4-8-14-10/h10-11,14H,3-9H2,1-2H3,(H,15,16). The summed E-state index contributed by atoms with van der Waals surface area (Å²) in [5.41, 5.74) is 0.290. The maximum absolute atomic E-state index is 11.9. The molecule has 2 atom stereocenters. The Kier molecular flexibility index (Phi) is 3.53. The molecule has 1 saturated carbocycles. The van der Waals surface area contributed by atoms with Crippen LogP contribution < -0.4 is 10.6 Å². The van der Waals surface area contributed by atoms with Crippen LogP contribution in [0.2, 0.25) is 0 Å². The van der Waals surface area contributed by atoms with Gasteiger partial charge in [-0.15, -0.1) is 0 Å². The van der Waals surface area contributed by atoms with E-state index in [2.05, 4.69) is 24.5 Å². The van der Waals surface area contributed by atoms with Gasteiger partial charge in [0.05, 0.1) is 0 Å². The van der Waals surface area contributed by atoms with E-state index in [4.69, 9.17) is 0 Å². The van der Waals surface area contributed by atoms with Crippen LogP contribution >= 0.6 is 0 Å². The van der Waals surface area contributed by atoms with Crippen LogP contribution in [0, 0.1) is 5.41 Å². The summed E-state index contributed by atoms with van der Waals surface area (Å²) in [6.45, 7) is 5.60. The molecule has 0 radical (unpaired) electrons. The SMILES string of the molecule is CC1(C)CCCC1NC(=O)CC1CCCN1. The van der Waals surface area contributed by atoms with E-state index in [1.165, 1.54) is 19.3 Å². The minimum absolute atomic E-state index is 0.236. The minimum Gasteiger partial charge on any atom is -0.353 e. The summed E-state index contributed by atoms with van der Waals surface area (Å²) in [5.74, 6) is 0.236. The smallest absolute Gasteiger partial charge is 0.221 e. The number of rotatable bonds is 3. The number of hydrogen-bond donors (Lipinski definition) is 2. The van der Waals surface area contributed by atoms with Crippen LogP contribution in [0.1, 0.15) is 52.4 Å². The zero-order valence-corrected chi connectivity index (χ0v) is 10.5. The fraction of sp³-hybridized carbons (Fsp3) is 0.923. The molecular weight excluding hydrogens is 200 g/mol. The van der Waals surface area contributed by atoms with Crippen molar-refractivity contribution in [2.75, 3.05) is 6.54 Å². The first kappa shape index (κ1) is 11.9. The molecule has 0 aromatic heterocycles. The molecule has 16 heavy (non-hydrogen) atoms. The number of hydrogen-bond acceptors (Lipinski definition) is 2. The molecule has 1 aliphatic heterocycles. The van der Waals surface area contributed by atoms with Gasteiger partial charge in [0.15, 0.2) is 0 Å². The lowest BCUT2D eigenvalue weighted by molar-refractivity contribution is -0.122. The molecule has 2 aliphatic rings. The fourth-order valence-electron chi connectivity index (χ4n) is 3.00. The van der Waals surface area contributed by atoms with E-state index in [1.54, 1.807) is 0 Å². The molecule has 1 aliphatic carbocycles. The van der Waals surface area contributed by atoms with Crippen LogP contribution in [-0.4, -0.2) is 24.5 Å². The Labute approximate surface area is 98.4 Å². The van der Waals surface area contributed by atoms with Crippen molar-refractivity contribution in [3.05, 3.63) is 0 Å². The van der Waals surface area contributed by atoms with Gasteiger partial charge in [-0.3, -0.25) is 4.79 Å². The highest BCUT2D eigenvalue weighted by atomic mass is 16.1. The predicted molar refractivity (Wildman–Crippen MR) is 65.2 cm³/mol. The van der Waals surface area contributed by atoms with Crippen molar-refractivity contribution in [2.45, 2.75) is 64.5 Å². The molecule has 2 unspecified atom stereocenters. The highest BCUT2D eigenvalue weighted by Gasteiger charge is 2.35. The third-order valence-electron chi connectivity index (χ3n) is 4.19. The number of carbonyl (C=O) groups is 1. The van der Waals surface area contributed by atoms with Gasteiger partial charge in [0.25, 0.3) is 0 Å². The quantitative estimate of drug-likeness (QED) is 0.768. The predicted octanol–water partition coefficient (Wildman–Crippen LogP) is 1.82. The maximum Gasteiger partial charge on any atom is 0.221 e. The van der Waals surface area contributed by atoms with Crippen molar-refractivity contribution in [3.63, 3.8) is 0 Å². The van der Waals surface area contributed by atoms with Crippen LogP contribution in [0.25, 0.3) is 0 Å². The molecule has 0 aromatic carbocycles. The van der Waals surface area contributed by atoms with Crippen LogP contribution in [0.15, 0.2) is 0 Å². The molecule has 2 fully saturated rings. The molecule has 0 aromatic rings. The van der Waals surface area contributed by atoms with Crippen LogP contribution in [0.5, 0.6) is 0 Å². The third kappa shape index (κ3) is 2.76. The second kappa shape index (κ2) is 4.74. The summed E-state index contributed by atoms with van der Waals surface area (Å²) in [7, 11) is 0. The van der Waals surface area contributed by atoms with Gasteiger partial charge >= 0.3 is 0 Å². The molecule has 1 amide bonds. The molecule has 2 rings (SSSR count). The van der Waals surface area contributed by atoms with Gasteiger partial charge in [0.2, 0.25) is 5.91 Å². The van der Waals surface area contributed by atoms with Gasteiger partial charge in [-0.1, -0.05) is 20.3 Å². The number of amides is 1. The van der Waals surface area contributed by atoms with Crippen molar-refractivity contribution < 1.29 is 4.79 Å². The second-order valence-electron chi connectivity index (χ2n) is 6.00. The lowest BCUT2D eigenvalue weighted by atomic mass is 9.87. The largest absolute Gasteiger partial charge is 0.353 e. The molecule has 0 bridgehead atoms. The molecule has 0 spiro atoms. The summed E-state index contributed by atoms with van der Waals surface area (Å²) in [6, 6.07) is 0.811. The van der Waals surface area contributed by atoms with Gasteiger partial charge in [-0.05, 0) is 37.6 Å². The van der Waals surface area contributed by atoms with Gasteiger partial charge < -0.3 is 10.6 Å². The molecule has 92 valence electrons. The highest BCUT2D eigenvalue weighted by molar-refractivity contribution is 5.77. The van der Waals surface area contributed by atoms with E-state index >= 15 is 0 Å². The zero-order valence-electron chi connectivity index (χ0n) is 10.5. The van der Waals surface area contributed by atoms with Crippen molar-refractivity contribution in [2.24, 2.45) is 5.41 Å². The maximum atomic E-state index is 11.9. The Morgan fingerprint density at radius 3 is 2.75 bits per heavy atom. The molecule has 2 N–H and O–H groups in total. The van der Waals surface area contributed by atoms with E-state index in [0.29, 0.717) is 23.9 Å². The average molecular weight is 224 g/mol. The van der Waals surface area contributed by atoms with Gasteiger partial charge in [0.1, 0.15) is 0 Å². The normalized spacial score (nSPS) is 32.9. The second-order valence-corrected chi connectivity index (χ2v) is 6.00. The summed E-state index contributed by atoms with van der Waals surface area (Å²) < 4.78 is 0. The van der Waals surface area contributed by atoms with E-state index < -0.39 is 0 Å². The number of carbonyl (C=O) groups excluding carboxylic acids is 1. The van der Waals surface area contributed by atoms with Crippen molar-refractivity contribution in [3.8, 4) is 0 Å². The third-order valence-corrected chi connectivity index (χ3v) is 4.19. The lowest BCUT2D eigenvalue weighted by Gasteiger charge is -2.28. The van der Waals surface area contributed by atoms with Crippen LogP contribution in [-0.2, 0) is 4.79 Å². The monoisotopic (exact) mass is 224 g/mol. The zero-order chi connectivity index (χ0) is 11.6. The average Bonchev–Trinajstić information content (AvgIpc) is 2.78. The fourth-order valence-corrected chi connectivity index (χ4v) is 3.00. The molecule has 1 heterocycles. The van der Waals surface area contributed by atoms with Crippen LogP contribution in [0.4, 0.5) is 0 Å². The summed E-state index contributed by atoms with van der Waals surface area (Å²) in [5, 5.41) is 6.59.